The minimum absolute atomic E-state index is 0.397. The Balaban J connectivity index is 2.20. The van der Waals surface area contributed by atoms with Gasteiger partial charge >= 0.3 is 0 Å². The molecule has 0 saturated heterocycles. The van der Waals surface area contributed by atoms with Crippen LogP contribution in [0.3, 0.4) is 0 Å². The highest BCUT2D eigenvalue weighted by molar-refractivity contribution is 5.92. The standard InChI is InChI=1S/C14H20N4O/c1-2-16-11-18-8-4-7-17-10-12-5-3-6-13(9-12)14(15)19/h2-3,5-6,9,11,17H,1,4,7-8,10H2,(H2,15,19)(H,16,18). The van der Waals surface area contributed by atoms with Crippen molar-refractivity contribution in [2.75, 3.05) is 13.1 Å². The number of nitrogens with one attached hydrogen (secondary N) is 2. The Morgan fingerprint density at radius 2 is 2.32 bits per heavy atom. The summed E-state index contributed by atoms with van der Waals surface area (Å²) in [6.45, 7) is 5.86. The molecule has 0 saturated carbocycles. The number of benzene rings is 1. The van der Waals surface area contributed by atoms with Gasteiger partial charge in [0.2, 0.25) is 5.91 Å². The van der Waals surface area contributed by atoms with E-state index in [-0.39, 0.29) is 0 Å². The van der Waals surface area contributed by atoms with E-state index in [1.165, 1.54) is 0 Å². The zero-order valence-electron chi connectivity index (χ0n) is 10.9. The van der Waals surface area contributed by atoms with Crippen LogP contribution in [0.25, 0.3) is 0 Å². The van der Waals surface area contributed by atoms with Gasteiger partial charge in [0, 0.05) is 18.7 Å². The van der Waals surface area contributed by atoms with Gasteiger partial charge in [-0.3, -0.25) is 9.79 Å². The van der Waals surface area contributed by atoms with Gasteiger partial charge in [-0.1, -0.05) is 18.7 Å². The second kappa shape index (κ2) is 8.88. The predicted molar refractivity (Wildman–Crippen MR) is 78.0 cm³/mol. The van der Waals surface area contributed by atoms with Crippen LogP contribution in [0.5, 0.6) is 0 Å². The van der Waals surface area contributed by atoms with Crippen LogP contribution in [0.1, 0.15) is 22.3 Å². The Morgan fingerprint density at radius 1 is 1.47 bits per heavy atom. The van der Waals surface area contributed by atoms with Crippen molar-refractivity contribution in [3.8, 4) is 0 Å². The van der Waals surface area contributed by atoms with Crippen LogP contribution >= 0.6 is 0 Å². The summed E-state index contributed by atoms with van der Waals surface area (Å²) in [6.07, 6.45) is 4.15. The molecule has 0 spiro atoms. The third kappa shape index (κ3) is 6.38. The minimum atomic E-state index is -0.397. The number of hydrogen-bond donors (Lipinski definition) is 3. The molecule has 5 heteroatoms. The number of carbonyl (C=O) groups excluding carboxylic acids is 1. The summed E-state index contributed by atoms with van der Waals surface area (Å²) >= 11 is 0. The van der Waals surface area contributed by atoms with Crippen LogP contribution in [0.4, 0.5) is 0 Å². The van der Waals surface area contributed by atoms with E-state index in [4.69, 9.17) is 5.73 Å². The van der Waals surface area contributed by atoms with Crippen molar-refractivity contribution in [1.29, 1.82) is 0 Å². The Labute approximate surface area is 113 Å². The number of amides is 1. The van der Waals surface area contributed by atoms with Crippen molar-refractivity contribution in [2.24, 2.45) is 10.7 Å². The van der Waals surface area contributed by atoms with Gasteiger partial charge in [0.05, 0.1) is 6.34 Å². The van der Waals surface area contributed by atoms with Crippen molar-refractivity contribution < 1.29 is 4.79 Å². The van der Waals surface area contributed by atoms with Crippen LogP contribution in [-0.2, 0) is 6.54 Å². The maximum absolute atomic E-state index is 11.0. The zero-order chi connectivity index (χ0) is 13.9. The SMILES string of the molecule is C=CNC=NCCCNCc1cccc(C(N)=O)c1. The van der Waals surface area contributed by atoms with Gasteiger partial charge in [-0.15, -0.1) is 0 Å². The molecule has 0 aromatic heterocycles. The molecule has 0 bridgehead atoms. The molecule has 1 aromatic rings. The van der Waals surface area contributed by atoms with Gasteiger partial charge < -0.3 is 16.4 Å². The number of aliphatic imine (C=N–C) groups is 1. The van der Waals surface area contributed by atoms with Gasteiger partial charge in [0.15, 0.2) is 0 Å². The van der Waals surface area contributed by atoms with Crippen molar-refractivity contribution in [3.05, 3.63) is 48.2 Å². The molecule has 0 radical (unpaired) electrons. The largest absolute Gasteiger partial charge is 0.366 e. The summed E-state index contributed by atoms with van der Waals surface area (Å²) in [7, 11) is 0. The second-order valence-corrected chi connectivity index (χ2v) is 4.00. The second-order valence-electron chi connectivity index (χ2n) is 4.00. The highest BCUT2D eigenvalue weighted by Crippen LogP contribution is 2.04. The van der Waals surface area contributed by atoms with Gasteiger partial charge in [-0.05, 0) is 36.9 Å². The molecule has 0 fully saturated rings. The minimum Gasteiger partial charge on any atom is -0.366 e. The first-order valence-electron chi connectivity index (χ1n) is 6.18. The lowest BCUT2D eigenvalue weighted by Crippen LogP contribution is -2.17. The van der Waals surface area contributed by atoms with Gasteiger partial charge in [-0.2, -0.15) is 0 Å². The molecule has 19 heavy (non-hydrogen) atoms. The molecule has 0 atom stereocenters. The molecule has 0 aliphatic heterocycles. The summed E-state index contributed by atoms with van der Waals surface area (Å²) < 4.78 is 0. The van der Waals surface area contributed by atoms with E-state index >= 15 is 0 Å². The van der Waals surface area contributed by atoms with E-state index in [1.54, 1.807) is 18.6 Å². The fourth-order valence-electron chi connectivity index (χ4n) is 1.53. The van der Waals surface area contributed by atoms with E-state index in [9.17, 15) is 4.79 Å². The smallest absolute Gasteiger partial charge is 0.248 e. The normalized spacial score (nSPS) is 10.5. The Bertz CT molecular complexity index is 443. The molecule has 0 heterocycles. The van der Waals surface area contributed by atoms with Gasteiger partial charge in [0.25, 0.3) is 0 Å². The highest BCUT2D eigenvalue weighted by atomic mass is 16.1. The number of hydrogen-bond acceptors (Lipinski definition) is 3. The molecule has 1 aromatic carbocycles. The quantitative estimate of drug-likeness (QED) is 0.352. The highest BCUT2D eigenvalue weighted by Gasteiger charge is 2.00. The summed E-state index contributed by atoms with van der Waals surface area (Å²) in [6, 6.07) is 7.32. The first-order valence-corrected chi connectivity index (χ1v) is 6.18. The Morgan fingerprint density at radius 3 is 3.05 bits per heavy atom. The number of carbonyl (C=O) groups is 1. The van der Waals surface area contributed by atoms with Gasteiger partial charge in [0.1, 0.15) is 0 Å². The third-order valence-electron chi connectivity index (χ3n) is 2.47. The van der Waals surface area contributed by atoms with Crippen LogP contribution in [0.2, 0.25) is 0 Å². The van der Waals surface area contributed by atoms with E-state index in [0.29, 0.717) is 5.56 Å². The van der Waals surface area contributed by atoms with Crippen LogP contribution in [-0.4, -0.2) is 25.3 Å². The van der Waals surface area contributed by atoms with E-state index in [2.05, 4.69) is 22.2 Å². The van der Waals surface area contributed by atoms with Crippen molar-refractivity contribution >= 4 is 12.2 Å². The lowest BCUT2D eigenvalue weighted by Gasteiger charge is -2.05. The molecule has 5 nitrogen and oxygen atoms in total. The Kier molecular flexibility index (Phi) is 6.97. The van der Waals surface area contributed by atoms with Crippen LogP contribution in [0.15, 0.2) is 42.0 Å². The first-order chi connectivity index (χ1) is 9.24. The van der Waals surface area contributed by atoms with E-state index in [0.717, 1.165) is 31.6 Å². The molecule has 102 valence electrons. The summed E-state index contributed by atoms with van der Waals surface area (Å²) in [5.41, 5.74) is 6.82. The van der Waals surface area contributed by atoms with Crippen LogP contribution < -0.4 is 16.4 Å². The maximum Gasteiger partial charge on any atom is 0.248 e. The van der Waals surface area contributed by atoms with Gasteiger partial charge in [-0.25, -0.2) is 0 Å². The monoisotopic (exact) mass is 260 g/mol. The average molecular weight is 260 g/mol. The average Bonchev–Trinajstić information content (AvgIpc) is 2.42. The lowest BCUT2D eigenvalue weighted by molar-refractivity contribution is 0.1000. The fourth-order valence-corrected chi connectivity index (χ4v) is 1.53. The number of nitrogens with zero attached hydrogens (tertiary/aromatic N) is 1. The molecular weight excluding hydrogens is 240 g/mol. The van der Waals surface area contributed by atoms with Crippen molar-refractivity contribution in [3.63, 3.8) is 0 Å². The molecular formula is C14H20N4O. The molecule has 0 unspecified atom stereocenters. The predicted octanol–water partition coefficient (Wildman–Crippen LogP) is 1.03. The zero-order valence-corrected chi connectivity index (χ0v) is 10.9. The molecule has 1 amide bonds. The molecule has 0 aliphatic carbocycles. The fraction of sp³-hybridized carbons (Fsp3) is 0.286. The first kappa shape index (κ1) is 14.9. The third-order valence-corrected chi connectivity index (χ3v) is 2.47. The number of rotatable bonds is 9. The molecule has 4 N–H and O–H groups in total. The summed E-state index contributed by atoms with van der Waals surface area (Å²) in [5.74, 6) is -0.397. The topological polar surface area (TPSA) is 79.5 Å². The molecule has 1 rings (SSSR count). The number of primary amides is 1. The molecule has 0 aliphatic rings. The van der Waals surface area contributed by atoms with Crippen LogP contribution in [0, 0.1) is 0 Å². The van der Waals surface area contributed by atoms with E-state index < -0.39 is 5.91 Å². The summed E-state index contributed by atoms with van der Waals surface area (Å²) in [4.78, 5) is 15.2. The summed E-state index contributed by atoms with van der Waals surface area (Å²) in [5, 5.41) is 6.08. The maximum atomic E-state index is 11.0. The lowest BCUT2D eigenvalue weighted by atomic mass is 10.1. The van der Waals surface area contributed by atoms with E-state index in [1.807, 2.05) is 18.2 Å². The number of nitrogens with two attached hydrogens (primary N) is 1. The van der Waals surface area contributed by atoms with Crippen molar-refractivity contribution in [1.82, 2.24) is 10.6 Å². The van der Waals surface area contributed by atoms with Crippen molar-refractivity contribution in [2.45, 2.75) is 13.0 Å². The Hall–Kier alpha value is -2.14.